The van der Waals surface area contributed by atoms with Gasteiger partial charge in [-0.15, -0.1) is 0 Å². The standard InChI is InChI=1S/C70H117N5O50/c1-16-36(88)47(99)51(103)66(109-16)107-15-30-57(43(95)31(61(106)110-30)71-17(2)83)120-63-33(73-19(4)85)45(97)56(28(13-82)115-63)122-68-53(105)58(123-70-60(50(102)40(92)25(10-79)114-70)125-65-34(74-20(5)86)44(96)54(26(11-80)116-65)119-62-32(72-18(3)84)42(94)37(89)22(7-76)111-62)41(93)29(118-68)14-108-69-59(49(101)39(91)24(9-78)113-69)124-64-35(75-21(6)87)46(98)55(27(12-81)117-64)121-67-52(104)48(100)38(90)23(8-77)112-67/h16,22-70,76-82,88-106H,7-15H2,1-6H3,(H,71,83)(H,72,84)(H,73,85)(H,74,86)(H,75,87)/t16-,22-,23-,24-,25-,26-,27-,28-,29-,30-,31-,32-,33-,34-,35-,36+,37+,38+,39-,40-,41-,42-,43-,44-,45-,46-,47+,48+,49+,50+,51-,52-,53+,54-,55-,56-,57-,58+,59+,60+,61-,62+,63+,64+,65+,66+,67+,68+,69+,70-/m1/s1. The summed E-state index contributed by atoms with van der Waals surface area (Å²) in [5.74, 6) is -4.59. The van der Waals surface area contributed by atoms with Crippen molar-refractivity contribution in [2.75, 3.05) is 59.5 Å². The lowest BCUT2D eigenvalue weighted by Gasteiger charge is -2.51. The topological polar surface area (TPSA) is 847 Å². The maximum absolute atomic E-state index is 13.3. The second-order valence-electron chi connectivity index (χ2n) is 31.7. The predicted molar refractivity (Wildman–Crippen MR) is 386 cm³/mol. The molecule has 0 unspecified atom stereocenters. The maximum atomic E-state index is 13.3. The normalized spacial score (nSPS) is 48.7. The summed E-state index contributed by atoms with van der Waals surface area (Å²) in [7, 11) is 0. The number of carbonyl (C=O) groups excluding carboxylic acids is 5. The van der Waals surface area contributed by atoms with E-state index < -0.39 is 396 Å². The predicted octanol–water partition coefficient (Wildman–Crippen LogP) is -21.1. The highest BCUT2D eigenvalue weighted by molar-refractivity contribution is 5.75. The van der Waals surface area contributed by atoms with Gasteiger partial charge in [-0.3, -0.25) is 24.0 Å². The van der Waals surface area contributed by atoms with E-state index in [4.69, 9.17) is 90.0 Å². The number of ether oxygens (including phenoxy) is 19. The molecular weight excluding hydrogens is 1710 g/mol. The molecule has 31 N–H and O–H groups in total. The average molecular weight is 1830 g/mol. The first-order chi connectivity index (χ1) is 59.1. The molecule has 10 aliphatic heterocycles. The first-order valence-electron chi connectivity index (χ1n) is 40.0. The lowest BCUT2D eigenvalue weighted by atomic mass is 9.93. The molecule has 50 atom stereocenters. The Morgan fingerprint density at radius 2 is 0.496 bits per heavy atom. The third kappa shape index (κ3) is 23.1. The van der Waals surface area contributed by atoms with Gasteiger partial charge in [0.25, 0.3) is 0 Å². The van der Waals surface area contributed by atoms with Crippen molar-refractivity contribution in [3.63, 3.8) is 0 Å². The zero-order valence-corrected chi connectivity index (χ0v) is 67.7. The van der Waals surface area contributed by atoms with Gasteiger partial charge in [0.05, 0.1) is 65.6 Å². The molecule has 55 heteroatoms. The summed E-state index contributed by atoms with van der Waals surface area (Å²) in [6.45, 7) is -3.86. The number of carbonyl (C=O) groups is 5. The number of aliphatic hydroxyl groups excluding tert-OH is 26. The summed E-state index contributed by atoms with van der Waals surface area (Å²) in [6, 6.07) is -9.40. The monoisotopic (exact) mass is 1830 g/mol. The second kappa shape index (κ2) is 44.9. The Bertz CT molecular complexity index is 3420. The first kappa shape index (κ1) is 103. The minimum absolute atomic E-state index is 0.822. The van der Waals surface area contributed by atoms with E-state index in [2.05, 4.69) is 26.6 Å². The minimum atomic E-state index is -2.63. The van der Waals surface area contributed by atoms with Gasteiger partial charge in [-0.1, -0.05) is 0 Å². The summed E-state index contributed by atoms with van der Waals surface area (Å²) >= 11 is 0. The lowest BCUT2D eigenvalue weighted by Crippen LogP contribution is -2.71. The van der Waals surface area contributed by atoms with Crippen molar-refractivity contribution in [1.29, 1.82) is 0 Å². The van der Waals surface area contributed by atoms with Crippen LogP contribution in [0.25, 0.3) is 0 Å². The Morgan fingerprint density at radius 3 is 0.912 bits per heavy atom. The molecular formula is C70H117N5O50. The van der Waals surface area contributed by atoms with Crippen LogP contribution in [-0.2, 0) is 114 Å². The van der Waals surface area contributed by atoms with Gasteiger partial charge in [0, 0.05) is 34.6 Å². The van der Waals surface area contributed by atoms with Gasteiger partial charge in [-0.2, -0.15) is 0 Å². The number of rotatable bonds is 32. The smallest absolute Gasteiger partial charge is 0.217 e. The first-order valence-corrected chi connectivity index (χ1v) is 40.0. The molecule has 0 aliphatic carbocycles. The highest BCUT2D eigenvalue weighted by Gasteiger charge is 2.62. The summed E-state index contributed by atoms with van der Waals surface area (Å²) in [4.78, 5) is 64.2. The summed E-state index contributed by atoms with van der Waals surface area (Å²) in [5.41, 5.74) is 0. The van der Waals surface area contributed by atoms with Crippen molar-refractivity contribution in [2.45, 2.75) is 348 Å². The molecule has 0 spiro atoms. The molecule has 125 heavy (non-hydrogen) atoms. The summed E-state index contributed by atoms with van der Waals surface area (Å²) in [6.07, 6.45) is -93.1. The van der Waals surface area contributed by atoms with E-state index in [-0.39, 0.29) is 0 Å². The quantitative estimate of drug-likeness (QED) is 0.0297. The molecule has 10 fully saturated rings. The molecule has 0 aromatic carbocycles. The van der Waals surface area contributed by atoms with Gasteiger partial charge in [0.15, 0.2) is 62.9 Å². The Balaban J connectivity index is 0.989. The maximum Gasteiger partial charge on any atom is 0.217 e. The molecule has 722 valence electrons. The van der Waals surface area contributed by atoms with Crippen LogP contribution in [0.4, 0.5) is 0 Å². The molecule has 55 nitrogen and oxygen atoms in total. The van der Waals surface area contributed by atoms with Gasteiger partial charge < -0.3 is 249 Å². The van der Waals surface area contributed by atoms with Gasteiger partial charge in [-0.05, 0) is 6.92 Å². The van der Waals surface area contributed by atoms with E-state index in [0.29, 0.717) is 0 Å². The zero-order chi connectivity index (χ0) is 92.1. The van der Waals surface area contributed by atoms with Crippen molar-refractivity contribution in [1.82, 2.24) is 26.6 Å². The van der Waals surface area contributed by atoms with Crippen LogP contribution in [0, 0.1) is 0 Å². The number of amides is 5. The molecule has 0 saturated carbocycles. The molecule has 10 aliphatic rings. The molecule has 0 radical (unpaired) electrons. The van der Waals surface area contributed by atoms with Crippen molar-refractivity contribution in [2.24, 2.45) is 0 Å². The van der Waals surface area contributed by atoms with E-state index in [1.54, 1.807) is 0 Å². The van der Waals surface area contributed by atoms with Gasteiger partial charge in [0.2, 0.25) is 29.5 Å². The highest BCUT2D eigenvalue weighted by Crippen LogP contribution is 2.41. The lowest BCUT2D eigenvalue weighted by molar-refractivity contribution is -0.398. The number of hydrogen-bond donors (Lipinski definition) is 31. The van der Waals surface area contributed by atoms with E-state index in [0.717, 1.165) is 34.6 Å². The molecule has 10 saturated heterocycles. The second-order valence-corrected chi connectivity index (χ2v) is 31.7. The van der Waals surface area contributed by atoms with E-state index in [9.17, 15) is 157 Å². The van der Waals surface area contributed by atoms with Crippen LogP contribution < -0.4 is 26.6 Å². The summed E-state index contributed by atoms with van der Waals surface area (Å²) < 4.78 is 114. The van der Waals surface area contributed by atoms with Crippen LogP contribution in [0.5, 0.6) is 0 Å². The van der Waals surface area contributed by atoms with Crippen molar-refractivity contribution in [3.05, 3.63) is 0 Å². The Morgan fingerprint density at radius 1 is 0.224 bits per heavy atom. The van der Waals surface area contributed by atoms with Gasteiger partial charge in [-0.25, -0.2) is 0 Å². The fraction of sp³-hybridized carbons (Fsp3) is 0.929. The van der Waals surface area contributed by atoms with Gasteiger partial charge >= 0.3 is 0 Å². The fourth-order valence-corrected chi connectivity index (χ4v) is 16.2. The molecule has 10 rings (SSSR count). The molecule has 0 bridgehead atoms. The van der Waals surface area contributed by atoms with Crippen LogP contribution in [0.3, 0.4) is 0 Å². The zero-order valence-electron chi connectivity index (χ0n) is 67.7. The van der Waals surface area contributed by atoms with Gasteiger partial charge in [0.1, 0.15) is 238 Å². The van der Waals surface area contributed by atoms with Crippen LogP contribution in [0.1, 0.15) is 41.5 Å². The Kier molecular flexibility index (Phi) is 36.8. The Labute approximate surface area is 708 Å². The molecule has 0 aromatic heterocycles. The van der Waals surface area contributed by atoms with Crippen molar-refractivity contribution in [3.8, 4) is 0 Å². The van der Waals surface area contributed by atoms with E-state index in [1.807, 2.05) is 0 Å². The minimum Gasteiger partial charge on any atom is -0.394 e. The third-order valence-corrected chi connectivity index (χ3v) is 22.8. The largest absolute Gasteiger partial charge is 0.394 e. The number of aliphatic hydroxyl groups is 26. The molecule has 10 heterocycles. The van der Waals surface area contributed by atoms with E-state index in [1.165, 1.54) is 6.92 Å². The number of nitrogens with one attached hydrogen (secondary N) is 5. The van der Waals surface area contributed by atoms with Crippen molar-refractivity contribution < 1.29 is 247 Å². The van der Waals surface area contributed by atoms with E-state index >= 15 is 0 Å². The molecule has 0 aromatic rings. The SMILES string of the molecule is CC(=O)N[C@@H]1[C@@H](O)[C@H](O[C@@H]2O[C@H](CO)[C@@H](O[C@@H]3O[C@H](CO[C@H]4O[C@H](CO)[C@@H](O)[C@H](O)[C@@H]4O[C@@H]4O[C@H](CO)[C@@H](O[C@@H]5O[C@H](CO)[C@H](O)[C@H](O)[C@H]5O)[C@H](O)[C@H]4NC(C)=O)[C@@H](O)[C@H](O[C@H]4O[C@H](CO)[C@@H](O)[C@H](O)[C@@H]4O[C@@H]4O[C@H](CO)[C@@H](O[C@@H]5O[C@H](CO)[C@H](O)[C@H](O)[C@H]5NC(C)=O)[C@H](O)[C@H]4NC(C)=O)[C@@H]3O)[C@H](O)[C@H]2NC(C)=O)[C@@H](CO[C@H]2O[C@H](C)[C@H](O)[C@H](O)[C@H]2O)O[C@H]1O. The van der Waals surface area contributed by atoms with Crippen LogP contribution in [0.15, 0.2) is 0 Å². The highest BCUT2D eigenvalue weighted by atomic mass is 16.8. The van der Waals surface area contributed by atoms with Crippen LogP contribution >= 0.6 is 0 Å². The average Bonchev–Trinajstić information content (AvgIpc) is 0.762. The van der Waals surface area contributed by atoms with Crippen LogP contribution in [-0.4, -0.2) is 529 Å². The van der Waals surface area contributed by atoms with Crippen LogP contribution in [0.2, 0.25) is 0 Å². The summed E-state index contributed by atoms with van der Waals surface area (Å²) in [5, 5.41) is 304. The number of hydrogen-bond acceptors (Lipinski definition) is 50. The third-order valence-electron chi connectivity index (χ3n) is 22.8. The molecule has 5 amide bonds. The van der Waals surface area contributed by atoms with Crippen molar-refractivity contribution >= 4 is 29.5 Å². The fourth-order valence-electron chi connectivity index (χ4n) is 16.2. The Hall–Kier alpha value is -4.45.